The molecule has 1 aliphatic rings. The summed E-state index contributed by atoms with van der Waals surface area (Å²) in [5.74, 6) is -0.379. The van der Waals surface area contributed by atoms with Gasteiger partial charge in [-0.3, -0.25) is 4.90 Å². The maximum absolute atomic E-state index is 12.6. The highest BCUT2D eigenvalue weighted by Gasteiger charge is 2.43. The normalized spacial score (nSPS) is 20.2. The number of carbonyl (C=O) groups is 2. The first kappa shape index (κ1) is 19.0. The van der Waals surface area contributed by atoms with Gasteiger partial charge in [0.2, 0.25) is 0 Å². The molecule has 0 N–H and O–H groups in total. The SMILES string of the molecule is C=CC[C@H]1CC[C@@H](C(=O)OC(C)(C)C)N1C(=O)OCc1ccccc1. The molecular weight excluding hydrogens is 318 g/mol. The van der Waals surface area contributed by atoms with Gasteiger partial charge in [0.1, 0.15) is 18.2 Å². The van der Waals surface area contributed by atoms with Gasteiger partial charge >= 0.3 is 12.1 Å². The van der Waals surface area contributed by atoms with E-state index in [0.29, 0.717) is 12.8 Å². The lowest BCUT2D eigenvalue weighted by atomic mass is 10.1. The van der Waals surface area contributed by atoms with E-state index in [9.17, 15) is 9.59 Å². The Morgan fingerprint density at radius 2 is 1.92 bits per heavy atom. The van der Waals surface area contributed by atoms with Crippen molar-refractivity contribution in [2.45, 2.75) is 64.3 Å². The van der Waals surface area contributed by atoms with E-state index in [0.717, 1.165) is 12.0 Å². The third kappa shape index (κ3) is 5.34. The Hall–Kier alpha value is -2.30. The van der Waals surface area contributed by atoms with Gasteiger partial charge in [0.15, 0.2) is 0 Å². The number of carbonyl (C=O) groups excluding carboxylic acids is 2. The van der Waals surface area contributed by atoms with Crippen molar-refractivity contribution in [3.8, 4) is 0 Å². The van der Waals surface area contributed by atoms with E-state index in [1.165, 1.54) is 4.90 Å². The minimum atomic E-state index is -0.604. The molecule has 2 rings (SSSR count). The fourth-order valence-corrected chi connectivity index (χ4v) is 2.98. The molecule has 5 heteroatoms. The van der Waals surface area contributed by atoms with E-state index >= 15 is 0 Å². The molecule has 1 fully saturated rings. The van der Waals surface area contributed by atoms with Crippen molar-refractivity contribution in [2.75, 3.05) is 0 Å². The summed E-state index contributed by atoms with van der Waals surface area (Å²) in [4.78, 5) is 26.7. The summed E-state index contributed by atoms with van der Waals surface area (Å²) in [6.45, 7) is 9.38. The van der Waals surface area contributed by atoms with Crippen LogP contribution in [0.2, 0.25) is 0 Å². The van der Waals surface area contributed by atoms with Crippen LogP contribution in [0.5, 0.6) is 0 Å². The van der Waals surface area contributed by atoms with Crippen LogP contribution in [0.4, 0.5) is 4.79 Å². The molecule has 1 heterocycles. The minimum Gasteiger partial charge on any atom is -0.458 e. The first-order valence-corrected chi connectivity index (χ1v) is 8.64. The molecular formula is C20H27NO4. The highest BCUT2D eigenvalue weighted by atomic mass is 16.6. The summed E-state index contributed by atoms with van der Waals surface area (Å²) in [5, 5.41) is 0. The standard InChI is InChI=1S/C20H27NO4/c1-5-9-16-12-13-17(18(22)25-20(2,3)4)21(16)19(23)24-14-15-10-7-6-8-11-15/h5-8,10-11,16-17H,1,9,12-14H2,2-4H3/t16-,17-/m0/s1. The van der Waals surface area contributed by atoms with E-state index < -0.39 is 17.7 Å². The molecule has 1 amide bonds. The Balaban J connectivity index is 2.08. The van der Waals surface area contributed by atoms with Crippen molar-refractivity contribution < 1.29 is 19.1 Å². The first-order valence-electron chi connectivity index (χ1n) is 8.64. The van der Waals surface area contributed by atoms with E-state index in [-0.39, 0.29) is 18.6 Å². The minimum absolute atomic E-state index is 0.0849. The zero-order valence-electron chi connectivity index (χ0n) is 15.2. The van der Waals surface area contributed by atoms with E-state index in [4.69, 9.17) is 9.47 Å². The van der Waals surface area contributed by atoms with Gasteiger partial charge in [0, 0.05) is 6.04 Å². The van der Waals surface area contributed by atoms with Gasteiger partial charge in [0.05, 0.1) is 0 Å². The summed E-state index contributed by atoms with van der Waals surface area (Å²) < 4.78 is 10.9. The first-order chi connectivity index (χ1) is 11.8. The Morgan fingerprint density at radius 3 is 2.52 bits per heavy atom. The molecule has 1 aromatic carbocycles. The Kier molecular flexibility index (Phi) is 6.23. The van der Waals surface area contributed by atoms with Crippen molar-refractivity contribution in [3.63, 3.8) is 0 Å². The lowest BCUT2D eigenvalue weighted by Crippen LogP contribution is -2.47. The van der Waals surface area contributed by atoms with Gasteiger partial charge in [-0.15, -0.1) is 6.58 Å². The van der Waals surface area contributed by atoms with Gasteiger partial charge in [-0.1, -0.05) is 36.4 Å². The van der Waals surface area contributed by atoms with Crippen LogP contribution in [-0.4, -0.2) is 34.6 Å². The molecule has 0 aliphatic carbocycles. The number of rotatable bonds is 5. The number of hydrogen-bond acceptors (Lipinski definition) is 4. The van der Waals surface area contributed by atoms with Crippen molar-refractivity contribution in [1.29, 1.82) is 0 Å². The zero-order chi connectivity index (χ0) is 18.4. The fraction of sp³-hybridized carbons (Fsp3) is 0.500. The monoisotopic (exact) mass is 345 g/mol. The number of ether oxygens (including phenoxy) is 2. The van der Waals surface area contributed by atoms with Crippen molar-refractivity contribution in [2.24, 2.45) is 0 Å². The molecule has 25 heavy (non-hydrogen) atoms. The molecule has 0 saturated carbocycles. The second kappa shape index (κ2) is 8.19. The number of likely N-dealkylation sites (tertiary alicyclic amines) is 1. The van der Waals surface area contributed by atoms with Crippen LogP contribution in [0.25, 0.3) is 0 Å². The molecule has 136 valence electrons. The molecule has 1 saturated heterocycles. The highest BCUT2D eigenvalue weighted by molar-refractivity contribution is 5.82. The lowest BCUT2D eigenvalue weighted by molar-refractivity contribution is -0.160. The van der Waals surface area contributed by atoms with Crippen molar-refractivity contribution in [1.82, 2.24) is 4.90 Å². The van der Waals surface area contributed by atoms with Crippen LogP contribution in [0, 0.1) is 0 Å². The zero-order valence-corrected chi connectivity index (χ0v) is 15.2. The second-order valence-electron chi connectivity index (χ2n) is 7.25. The molecule has 5 nitrogen and oxygen atoms in total. The van der Waals surface area contributed by atoms with Crippen LogP contribution in [0.15, 0.2) is 43.0 Å². The fourth-order valence-electron chi connectivity index (χ4n) is 2.98. The maximum atomic E-state index is 12.6. The Bertz CT molecular complexity index is 606. The molecule has 0 bridgehead atoms. The number of hydrogen-bond donors (Lipinski definition) is 0. The molecule has 0 unspecified atom stereocenters. The average Bonchev–Trinajstić information content (AvgIpc) is 2.96. The number of esters is 1. The van der Waals surface area contributed by atoms with Gasteiger partial charge in [-0.2, -0.15) is 0 Å². The van der Waals surface area contributed by atoms with Gasteiger partial charge in [-0.05, 0) is 45.6 Å². The predicted octanol–water partition coefficient (Wildman–Crippen LogP) is 4.07. The topological polar surface area (TPSA) is 55.8 Å². The van der Waals surface area contributed by atoms with Crippen LogP contribution in [0.3, 0.4) is 0 Å². The lowest BCUT2D eigenvalue weighted by Gasteiger charge is -2.30. The van der Waals surface area contributed by atoms with Gasteiger partial charge < -0.3 is 9.47 Å². The Labute approximate surface area is 149 Å². The van der Waals surface area contributed by atoms with Crippen LogP contribution >= 0.6 is 0 Å². The third-order valence-corrected chi connectivity index (χ3v) is 4.04. The largest absolute Gasteiger partial charge is 0.458 e. The predicted molar refractivity (Wildman–Crippen MR) is 95.9 cm³/mol. The number of benzene rings is 1. The van der Waals surface area contributed by atoms with E-state index in [1.807, 2.05) is 51.1 Å². The molecule has 1 aliphatic heterocycles. The quantitative estimate of drug-likeness (QED) is 0.596. The smallest absolute Gasteiger partial charge is 0.411 e. The maximum Gasteiger partial charge on any atom is 0.411 e. The molecule has 1 aromatic rings. The van der Waals surface area contributed by atoms with Crippen LogP contribution in [0.1, 0.15) is 45.6 Å². The van der Waals surface area contributed by atoms with E-state index in [2.05, 4.69) is 6.58 Å². The molecule has 2 atom stereocenters. The summed E-state index contributed by atoms with van der Waals surface area (Å²) in [6.07, 6.45) is 3.22. The van der Waals surface area contributed by atoms with Crippen LogP contribution < -0.4 is 0 Å². The summed E-state index contributed by atoms with van der Waals surface area (Å²) in [6, 6.07) is 8.79. The van der Waals surface area contributed by atoms with E-state index in [1.54, 1.807) is 6.08 Å². The third-order valence-electron chi connectivity index (χ3n) is 4.04. The number of amides is 1. The Morgan fingerprint density at radius 1 is 1.24 bits per heavy atom. The summed E-state index contributed by atoms with van der Waals surface area (Å²) >= 11 is 0. The van der Waals surface area contributed by atoms with Gasteiger partial charge in [-0.25, -0.2) is 9.59 Å². The molecule has 0 aromatic heterocycles. The number of nitrogens with zero attached hydrogens (tertiary/aromatic N) is 1. The van der Waals surface area contributed by atoms with Crippen LogP contribution in [-0.2, 0) is 20.9 Å². The van der Waals surface area contributed by atoms with Crippen molar-refractivity contribution in [3.05, 3.63) is 48.6 Å². The second-order valence-corrected chi connectivity index (χ2v) is 7.25. The molecule has 0 spiro atoms. The summed E-state index contributed by atoms with van der Waals surface area (Å²) in [5.41, 5.74) is 0.317. The summed E-state index contributed by atoms with van der Waals surface area (Å²) in [7, 11) is 0. The molecule has 0 radical (unpaired) electrons. The average molecular weight is 345 g/mol. The highest BCUT2D eigenvalue weighted by Crippen LogP contribution is 2.29. The van der Waals surface area contributed by atoms with Gasteiger partial charge in [0.25, 0.3) is 0 Å². The van der Waals surface area contributed by atoms with Crippen molar-refractivity contribution >= 4 is 12.1 Å².